The summed E-state index contributed by atoms with van der Waals surface area (Å²) in [7, 11) is -3.45. The molecule has 3 rings (SSSR count). The monoisotopic (exact) mass is 539 g/mol. The molecule has 34 heavy (non-hydrogen) atoms. The van der Waals surface area contributed by atoms with E-state index in [1.165, 1.54) is 19.4 Å². The maximum Gasteiger partial charge on any atom is 0.417 e. The zero-order valence-corrected chi connectivity index (χ0v) is 20.6. The minimum atomic E-state index is -4.88. The van der Waals surface area contributed by atoms with E-state index < -0.39 is 44.3 Å². The van der Waals surface area contributed by atoms with Gasteiger partial charge in [-0.2, -0.15) is 13.2 Å². The lowest BCUT2D eigenvalue weighted by atomic mass is 10.0. The molecule has 1 amide bonds. The highest BCUT2D eigenvalue weighted by Gasteiger charge is 2.37. The highest BCUT2D eigenvalue weighted by Crippen LogP contribution is 2.37. The molecule has 13 heteroatoms. The number of nitrogens with zero attached hydrogens (tertiary/aromatic N) is 3. The lowest BCUT2D eigenvalue weighted by Gasteiger charge is -2.34. The van der Waals surface area contributed by atoms with Crippen LogP contribution in [0.5, 0.6) is 0 Å². The van der Waals surface area contributed by atoms with E-state index in [4.69, 9.17) is 27.9 Å². The number of ether oxygens (including phenoxy) is 1. The number of aromatic nitrogens is 1. The Labute approximate surface area is 205 Å². The van der Waals surface area contributed by atoms with Crippen LogP contribution >= 0.6 is 23.2 Å². The molecule has 0 spiro atoms. The van der Waals surface area contributed by atoms with Gasteiger partial charge in [0.15, 0.2) is 5.69 Å². The first-order valence-corrected chi connectivity index (χ1v) is 12.4. The van der Waals surface area contributed by atoms with Gasteiger partial charge in [-0.15, -0.1) is 0 Å². The number of hydrogen-bond acceptors (Lipinski definition) is 5. The van der Waals surface area contributed by atoms with E-state index in [9.17, 15) is 26.4 Å². The van der Waals surface area contributed by atoms with Crippen molar-refractivity contribution in [2.45, 2.75) is 43.3 Å². The highest BCUT2D eigenvalue weighted by molar-refractivity contribution is 7.92. The smallest absolute Gasteiger partial charge is 0.363 e. The van der Waals surface area contributed by atoms with Crippen LogP contribution < -0.4 is 4.31 Å². The maximum absolute atomic E-state index is 13.5. The van der Waals surface area contributed by atoms with Crippen LogP contribution in [-0.4, -0.2) is 50.6 Å². The summed E-state index contributed by atoms with van der Waals surface area (Å²) in [6.45, 7) is 1.74. The largest absolute Gasteiger partial charge is 0.417 e. The second-order valence-corrected chi connectivity index (χ2v) is 10.5. The van der Waals surface area contributed by atoms with Crippen molar-refractivity contribution in [3.05, 3.63) is 51.8 Å². The summed E-state index contributed by atoms with van der Waals surface area (Å²) in [6.07, 6.45) is -1.16. The van der Waals surface area contributed by atoms with Crippen LogP contribution in [0, 0.1) is 0 Å². The van der Waals surface area contributed by atoms with Crippen LogP contribution in [0.25, 0.3) is 0 Å². The molecule has 1 saturated heterocycles. The van der Waals surface area contributed by atoms with Crippen LogP contribution in [0.15, 0.2) is 35.4 Å². The third-order valence-corrected chi connectivity index (χ3v) is 7.72. The topological polar surface area (TPSA) is 79.8 Å². The second-order valence-electron chi connectivity index (χ2n) is 7.78. The van der Waals surface area contributed by atoms with Crippen LogP contribution in [0.2, 0.25) is 10.0 Å². The van der Waals surface area contributed by atoms with Crippen molar-refractivity contribution in [1.29, 1.82) is 0 Å². The number of alkyl halides is 3. The van der Waals surface area contributed by atoms with Crippen molar-refractivity contribution in [2.75, 3.05) is 24.7 Å². The zero-order valence-electron chi connectivity index (χ0n) is 18.3. The van der Waals surface area contributed by atoms with Crippen LogP contribution in [0.3, 0.4) is 0 Å². The minimum Gasteiger partial charge on any atom is -0.363 e. The number of amides is 1. The van der Waals surface area contributed by atoms with Gasteiger partial charge in [-0.1, -0.05) is 23.2 Å². The molecule has 1 atom stereocenters. The molecule has 7 nitrogen and oxygen atoms in total. The number of carbonyl (C=O) groups is 1. The summed E-state index contributed by atoms with van der Waals surface area (Å²) in [4.78, 5) is 18.3. The Balaban J connectivity index is 2.14. The number of carbonyl (C=O) groups excluding carboxylic acids is 1. The second kappa shape index (κ2) is 10.3. The van der Waals surface area contributed by atoms with Gasteiger partial charge in [0.25, 0.3) is 15.9 Å². The summed E-state index contributed by atoms with van der Waals surface area (Å²) >= 11 is 11.7. The first kappa shape index (κ1) is 26.5. The molecule has 1 unspecified atom stereocenters. The SMILES string of the molecule is COCN(c1cc(Cl)cnc1C(=O)N1CCCCC1C)S(=O)(=O)c1ccc(Cl)c(C(F)(F)F)c1. The Morgan fingerprint density at radius 3 is 2.59 bits per heavy atom. The number of halogens is 5. The number of anilines is 1. The van der Waals surface area contributed by atoms with Gasteiger partial charge in [0.1, 0.15) is 6.73 Å². The highest BCUT2D eigenvalue weighted by atomic mass is 35.5. The Morgan fingerprint density at radius 1 is 1.26 bits per heavy atom. The molecule has 1 aliphatic heterocycles. The summed E-state index contributed by atoms with van der Waals surface area (Å²) in [6, 6.07) is 3.35. The van der Waals surface area contributed by atoms with Crippen LogP contribution in [0.1, 0.15) is 42.2 Å². The lowest BCUT2D eigenvalue weighted by Crippen LogP contribution is -2.43. The number of rotatable bonds is 6. The quantitative estimate of drug-likeness (QED) is 0.470. The number of benzene rings is 1. The lowest BCUT2D eigenvalue weighted by molar-refractivity contribution is -0.137. The first-order chi connectivity index (χ1) is 15.9. The van der Waals surface area contributed by atoms with Crippen molar-refractivity contribution in [3.8, 4) is 0 Å². The van der Waals surface area contributed by atoms with Crippen molar-refractivity contribution in [2.24, 2.45) is 0 Å². The maximum atomic E-state index is 13.5. The molecule has 2 aromatic rings. The van der Waals surface area contributed by atoms with Gasteiger partial charge in [-0.3, -0.25) is 4.79 Å². The van der Waals surface area contributed by atoms with Gasteiger partial charge in [0.2, 0.25) is 0 Å². The standard InChI is InChI=1S/C21H22Cl2F3N3O4S/c1-13-5-3-4-8-28(13)20(30)19-18(9-14(22)11-27-19)29(12-33-2)34(31,32)15-6-7-17(23)16(10-15)21(24,25)26/h6-7,9-11,13H,3-5,8,12H2,1-2H3. The molecule has 186 valence electrons. The molecule has 0 radical (unpaired) electrons. The normalized spacial score (nSPS) is 17.0. The average Bonchev–Trinajstić information content (AvgIpc) is 2.76. The van der Waals surface area contributed by atoms with E-state index >= 15 is 0 Å². The predicted octanol–water partition coefficient (Wildman–Crippen LogP) is 5.22. The summed E-state index contributed by atoms with van der Waals surface area (Å²) in [5.74, 6) is -0.512. The number of piperidine rings is 1. The van der Waals surface area contributed by atoms with Gasteiger partial charge in [-0.25, -0.2) is 17.7 Å². The third kappa shape index (κ3) is 5.42. The molecule has 1 aromatic heterocycles. The van der Waals surface area contributed by atoms with Crippen molar-refractivity contribution in [1.82, 2.24) is 9.88 Å². The van der Waals surface area contributed by atoms with Crippen molar-refractivity contribution >= 4 is 44.8 Å². The van der Waals surface area contributed by atoms with Gasteiger partial charge >= 0.3 is 6.18 Å². The molecule has 2 heterocycles. The molecule has 1 aromatic carbocycles. The molecule has 0 N–H and O–H groups in total. The molecule has 1 aliphatic rings. The van der Waals surface area contributed by atoms with Gasteiger partial charge in [0.05, 0.1) is 26.2 Å². The molecule has 1 fully saturated rings. The number of likely N-dealkylation sites (tertiary alicyclic amines) is 1. The Hall–Kier alpha value is -2.08. The molecule has 0 bridgehead atoms. The van der Waals surface area contributed by atoms with Gasteiger partial charge in [0, 0.05) is 25.9 Å². The number of sulfonamides is 1. The Bertz CT molecular complexity index is 1180. The van der Waals surface area contributed by atoms with Gasteiger partial charge < -0.3 is 9.64 Å². The Kier molecular flexibility index (Phi) is 8.01. The summed E-state index contributed by atoms with van der Waals surface area (Å²) < 4.78 is 72.7. The van der Waals surface area contributed by atoms with Crippen LogP contribution in [-0.2, 0) is 20.9 Å². The fourth-order valence-corrected chi connectivity index (χ4v) is 5.49. The summed E-state index contributed by atoms with van der Waals surface area (Å²) in [5.41, 5.74) is -1.72. The first-order valence-electron chi connectivity index (χ1n) is 10.2. The van der Waals surface area contributed by atoms with E-state index in [0.29, 0.717) is 16.9 Å². The van der Waals surface area contributed by atoms with E-state index in [2.05, 4.69) is 4.98 Å². The molecular formula is C21H22Cl2F3N3O4S. The third-order valence-electron chi connectivity index (χ3n) is 5.45. The zero-order chi connectivity index (χ0) is 25.3. The molecule has 0 saturated carbocycles. The van der Waals surface area contributed by atoms with E-state index in [1.807, 2.05) is 6.92 Å². The fraction of sp³-hybridized carbons (Fsp3) is 0.429. The number of hydrogen-bond donors (Lipinski definition) is 0. The average molecular weight is 540 g/mol. The fourth-order valence-electron chi connectivity index (χ4n) is 3.71. The number of pyridine rings is 1. The Morgan fingerprint density at radius 2 is 1.97 bits per heavy atom. The predicted molar refractivity (Wildman–Crippen MR) is 122 cm³/mol. The van der Waals surface area contributed by atoms with E-state index in [1.54, 1.807) is 4.90 Å². The number of methoxy groups -OCH3 is 1. The summed E-state index contributed by atoms with van der Waals surface area (Å²) in [5, 5.41) is -0.620. The van der Waals surface area contributed by atoms with Gasteiger partial charge in [-0.05, 0) is 50.5 Å². The van der Waals surface area contributed by atoms with E-state index in [0.717, 1.165) is 31.4 Å². The molecule has 0 aliphatic carbocycles. The van der Waals surface area contributed by atoms with Crippen molar-refractivity contribution in [3.63, 3.8) is 0 Å². The van der Waals surface area contributed by atoms with Crippen molar-refractivity contribution < 1.29 is 31.1 Å². The minimum absolute atomic E-state index is 0.0293. The molecular weight excluding hydrogens is 518 g/mol. The van der Waals surface area contributed by atoms with E-state index in [-0.39, 0.29) is 22.4 Å². The van der Waals surface area contributed by atoms with Crippen LogP contribution in [0.4, 0.5) is 18.9 Å².